The molecule has 0 spiro atoms. The third kappa shape index (κ3) is 4.25. The van der Waals surface area contributed by atoms with Gasteiger partial charge in [0.15, 0.2) is 0 Å². The Labute approximate surface area is 157 Å². The van der Waals surface area contributed by atoms with Gasteiger partial charge in [0.1, 0.15) is 5.75 Å². The summed E-state index contributed by atoms with van der Waals surface area (Å²) >= 11 is 0. The Morgan fingerprint density at radius 3 is 2.44 bits per heavy atom. The fourth-order valence-electron chi connectivity index (χ4n) is 3.04. The van der Waals surface area contributed by atoms with Gasteiger partial charge in [-0.2, -0.15) is 0 Å². The molecule has 7 heteroatoms. The number of ether oxygens (including phenoxy) is 1. The van der Waals surface area contributed by atoms with Crippen LogP contribution in [0, 0.1) is 5.92 Å². The lowest BCUT2D eigenvalue weighted by molar-refractivity contribution is -0.122. The minimum atomic E-state index is -0.447. The normalized spacial score (nSPS) is 16.1. The summed E-state index contributed by atoms with van der Waals surface area (Å²) in [5, 5.41) is 5.52. The molecule has 0 saturated carbocycles. The molecule has 2 aromatic carbocycles. The van der Waals surface area contributed by atoms with Crippen molar-refractivity contribution in [2.45, 2.75) is 13.3 Å². The van der Waals surface area contributed by atoms with E-state index in [0.717, 1.165) is 0 Å². The maximum absolute atomic E-state index is 12.6. The van der Waals surface area contributed by atoms with E-state index in [1.165, 1.54) is 14.0 Å². The number of benzene rings is 2. The smallest absolute Gasteiger partial charge is 0.229 e. The van der Waals surface area contributed by atoms with E-state index in [4.69, 9.17) is 4.74 Å². The van der Waals surface area contributed by atoms with Crippen molar-refractivity contribution < 1.29 is 19.1 Å². The number of methoxy groups -OCH3 is 1. The van der Waals surface area contributed by atoms with Crippen molar-refractivity contribution in [3.63, 3.8) is 0 Å². The highest BCUT2D eigenvalue weighted by atomic mass is 16.5. The molecule has 3 amide bonds. The SMILES string of the molecule is COc1ccccc1NC(=O)[C@H]1CC(=O)N(c2ccc(NC(C)=O)cc2)C1. The van der Waals surface area contributed by atoms with Crippen LogP contribution in [0.15, 0.2) is 48.5 Å². The second-order valence-corrected chi connectivity index (χ2v) is 6.32. The van der Waals surface area contributed by atoms with Gasteiger partial charge in [-0.15, -0.1) is 0 Å². The fourth-order valence-corrected chi connectivity index (χ4v) is 3.04. The summed E-state index contributed by atoms with van der Waals surface area (Å²) < 4.78 is 5.24. The first-order valence-corrected chi connectivity index (χ1v) is 8.60. The Balaban J connectivity index is 1.67. The van der Waals surface area contributed by atoms with Crippen LogP contribution in [0.2, 0.25) is 0 Å². The lowest BCUT2D eigenvalue weighted by atomic mass is 10.1. The zero-order valence-electron chi connectivity index (χ0n) is 15.2. The summed E-state index contributed by atoms with van der Waals surface area (Å²) in [6.45, 7) is 1.74. The molecule has 1 saturated heterocycles. The Kier molecular flexibility index (Phi) is 5.40. The van der Waals surface area contributed by atoms with Crippen LogP contribution in [0.3, 0.4) is 0 Å². The number of nitrogens with zero attached hydrogens (tertiary/aromatic N) is 1. The lowest BCUT2D eigenvalue weighted by Crippen LogP contribution is -2.28. The molecule has 1 atom stereocenters. The van der Waals surface area contributed by atoms with Crippen LogP contribution in [0.4, 0.5) is 17.1 Å². The molecule has 1 aliphatic heterocycles. The highest BCUT2D eigenvalue weighted by Gasteiger charge is 2.35. The van der Waals surface area contributed by atoms with Crippen LogP contribution in [-0.2, 0) is 14.4 Å². The molecule has 0 radical (unpaired) electrons. The second-order valence-electron chi connectivity index (χ2n) is 6.32. The largest absolute Gasteiger partial charge is 0.495 e. The molecule has 27 heavy (non-hydrogen) atoms. The zero-order chi connectivity index (χ0) is 19.4. The van der Waals surface area contributed by atoms with Gasteiger partial charge in [-0.25, -0.2) is 0 Å². The van der Waals surface area contributed by atoms with Gasteiger partial charge < -0.3 is 20.3 Å². The topological polar surface area (TPSA) is 87.7 Å². The maximum Gasteiger partial charge on any atom is 0.229 e. The number of anilines is 3. The third-order valence-electron chi connectivity index (χ3n) is 4.36. The van der Waals surface area contributed by atoms with Gasteiger partial charge in [0.25, 0.3) is 0 Å². The second kappa shape index (κ2) is 7.90. The summed E-state index contributed by atoms with van der Waals surface area (Å²) in [7, 11) is 1.54. The van der Waals surface area contributed by atoms with Crippen LogP contribution < -0.4 is 20.3 Å². The van der Waals surface area contributed by atoms with Crippen molar-refractivity contribution in [2.24, 2.45) is 5.92 Å². The van der Waals surface area contributed by atoms with Crippen molar-refractivity contribution >= 4 is 34.8 Å². The molecule has 0 bridgehead atoms. The van der Waals surface area contributed by atoms with Crippen molar-refractivity contribution in [3.8, 4) is 5.75 Å². The van der Waals surface area contributed by atoms with Gasteiger partial charge in [-0.3, -0.25) is 14.4 Å². The van der Waals surface area contributed by atoms with Gasteiger partial charge in [0.05, 0.1) is 18.7 Å². The average Bonchev–Trinajstić information content (AvgIpc) is 3.04. The van der Waals surface area contributed by atoms with Gasteiger partial charge in [0.2, 0.25) is 17.7 Å². The molecule has 2 N–H and O–H groups in total. The zero-order valence-corrected chi connectivity index (χ0v) is 15.2. The number of rotatable bonds is 5. The molecule has 1 aliphatic rings. The van der Waals surface area contributed by atoms with E-state index in [1.54, 1.807) is 47.4 Å². The molecule has 3 rings (SSSR count). The average molecular weight is 367 g/mol. The van der Waals surface area contributed by atoms with E-state index < -0.39 is 5.92 Å². The number of nitrogens with one attached hydrogen (secondary N) is 2. The molecule has 1 fully saturated rings. The molecule has 1 heterocycles. The monoisotopic (exact) mass is 367 g/mol. The van der Waals surface area contributed by atoms with Crippen molar-refractivity contribution in [3.05, 3.63) is 48.5 Å². The molecule has 0 aliphatic carbocycles. The standard InChI is InChI=1S/C20H21N3O4/c1-13(24)21-15-7-9-16(10-8-15)23-12-14(11-19(23)25)20(26)22-17-5-3-4-6-18(17)27-2/h3-10,14H,11-12H2,1-2H3,(H,21,24)(H,22,26)/t14-/m0/s1. The number of amides is 3. The first-order valence-electron chi connectivity index (χ1n) is 8.60. The van der Waals surface area contributed by atoms with Crippen LogP contribution in [0.5, 0.6) is 5.75 Å². The van der Waals surface area contributed by atoms with Crippen LogP contribution in [0.25, 0.3) is 0 Å². The summed E-state index contributed by atoms with van der Waals surface area (Å²) in [6.07, 6.45) is 0.147. The number of para-hydroxylation sites is 2. The minimum Gasteiger partial charge on any atom is -0.495 e. The van der Waals surface area contributed by atoms with Crippen LogP contribution in [0.1, 0.15) is 13.3 Å². The molecule has 2 aromatic rings. The summed E-state index contributed by atoms with van der Waals surface area (Å²) in [4.78, 5) is 37.6. The van der Waals surface area contributed by atoms with E-state index in [1.807, 2.05) is 6.07 Å². The Morgan fingerprint density at radius 2 is 1.78 bits per heavy atom. The number of hydrogen-bond donors (Lipinski definition) is 2. The van der Waals surface area contributed by atoms with Crippen molar-refractivity contribution in [2.75, 3.05) is 29.2 Å². The lowest BCUT2D eigenvalue weighted by Gasteiger charge is -2.17. The molecular weight excluding hydrogens is 346 g/mol. The van der Waals surface area contributed by atoms with Gasteiger partial charge in [-0.1, -0.05) is 12.1 Å². The highest BCUT2D eigenvalue weighted by Crippen LogP contribution is 2.29. The summed E-state index contributed by atoms with van der Waals surface area (Å²) in [5.74, 6) is -0.362. The number of carbonyl (C=O) groups excluding carboxylic acids is 3. The molecule has 0 unspecified atom stereocenters. The van der Waals surface area contributed by atoms with E-state index >= 15 is 0 Å². The Hall–Kier alpha value is -3.35. The van der Waals surface area contributed by atoms with Gasteiger partial charge >= 0.3 is 0 Å². The Morgan fingerprint density at radius 1 is 1.07 bits per heavy atom. The minimum absolute atomic E-state index is 0.109. The molecule has 0 aromatic heterocycles. The molecule has 140 valence electrons. The first-order chi connectivity index (χ1) is 13.0. The van der Waals surface area contributed by atoms with Gasteiger partial charge in [-0.05, 0) is 36.4 Å². The van der Waals surface area contributed by atoms with Crippen LogP contribution >= 0.6 is 0 Å². The fraction of sp³-hybridized carbons (Fsp3) is 0.250. The predicted octanol–water partition coefficient (Wildman–Crippen LogP) is 2.65. The van der Waals surface area contributed by atoms with E-state index in [-0.39, 0.29) is 24.1 Å². The Bertz CT molecular complexity index is 864. The summed E-state index contributed by atoms with van der Waals surface area (Å²) in [5.41, 5.74) is 1.93. The summed E-state index contributed by atoms with van der Waals surface area (Å²) in [6, 6.07) is 14.1. The van der Waals surface area contributed by atoms with E-state index in [2.05, 4.69) is 10.6 Å². The maximum atomic E-state index is 12.6. The number of carbonyl (C=O) groups is 3. The van der Waals surface area contributed by atoms with E-state index in [9.17, 15) is 14.4 Å². The van der Waals surface area contributed by atoms with Crippen LogP contribution in [-0.4, -0.2) is 31.4 Å². The third-order valence-corrected chi connectivity index (χ3v) is 4.36. The molecular formula is C20H21N3O4. The van der Waals surface area contributed by atoms with E-state index in [0.29, 0.717) is 29.4 Å². The van der Waals surface area contributed by atoms with Crippen molar-refractivity contribution in [1.82, 2.24) is 0 Å². The first kappa shape index (κ1) is 18.4. The van der Waals surface area contributed by atoms with Crippen molar-refractivity contribution in [1.29, 1.82) is 0 Å². The quantitative estimate of drug-likeness (QED) is 0.850. The number of hydrogen-bond acceptors (Lipinski definition) is 4. The predicted molar refractivity (Wildman–Crippen MR) is 103 cm³/mol. The highest BCUT2D eigenvalue weighted by molar-refractivity contribution is 6.04. The molecule has 7 nitrogen and oxygen atoms in total. The van der Waals surface area contributed by atoms with Gasteiger partial charge in [0, 0.05) is 31.3 Å².